The fourth-order valence-corrected chi connectivity index (χ4v) is 1.35. The Kier molecular flexibility index (Phi) is 3.95. The number of benzene rings is 1. The molecule has 1 unspecified atom stereocenters. The van der Waals surface area contributed by atoms with E-state index in [0.29, 0.717) is 12.0 Å². The molecule has 0 bridgehead atoms. The lowest BCUT2D eigenvalue weighted by atomic mass is 9.97. The predicted molar refractivity (Wildman–Crippen MR) is 59.6 cm³/mol. The van der Waals surface area contributed by atoms with Crippen LogP contribution in [0.3, 0.4) is 0 Å². The van der Waals surface area contributed by atoms with Crippen molar-refractivity contribution in [3.63, 3.8) is 0 Å². The molecule has 0 aliphatic heterocycles. The van der Waals surface area contributed by atoms with Crippen molar-refractivity contribution in [2.75, 3.05) is 0 Å². The van der Waals surface area contributed by atoms with Gasteiger partial charge >= 0.3 is 5.69 Å². The third-order valence-electron chi connectivity index (χ3n) is 2.57. The number of nitro benzene ring substituents is 1. The maximum atomic E-state index is 13.6. The second-order valence-electron chi connectivity index (χ2n) is 4.12. The number of hydrogen-bond acceptors (Lipinski definition) is 3. The van der Waals surface area contributed by atoms with E-state index in [9.17, 15) is 14.5 Å². The zero-order chi connectivity index (χ0) is 12.3. The summed E-state index contributed by atoms with van der Waals surface area (Å²) in [6.45, 7) is 3.86. The van der Waals surface area contributed by atoms with Crippen LogP contribution in [0, 0.1) is 21.8 Å². The molecule has 0 fully saturated rings. The molecule has 0 radical (unpaired) electrons. The minimum absolute atomic E-state index is 0.198. The molecule has 0 saturated carbocycles. The maximum absolute atomic E-state index is 13.6. The van der Waals surface area contributed by atoms with Gasteiger partial charge in [-0.1, -0.05) is 26.0 Å². The zero-order valence-corrected chi connectivity index (χ0v) is 9.31. The molecule has 1 atom stereocenters. The van der Waals surface area contributed by atoms with E-state index in [1.807, 2.05) is 13.8 Å². The molecule has 0 heterocycles. The minimum Gasteiger partial charge on any atom is -0.327 e. The average Bonchev–Trinajstić information content (AvgIpc) is 2.20. The lowest BCUT2D eigenvalue weighted by Crippen LogP contribution is -2.29. The molecular weight excluding hydrogens is 211 g/mol. The Bertz CT molecular complexity index is 394. The highest BCUT2D eigenvalue weighted by atomic mass is 19.1. The van der Waals surface area contributed by atoms with Crippen molar-refractivity contribution in [1.82, 2.24) is 0 Å². The highest BCUT2D eigenvalue weighted by Crippen LogP contribution is 2.21. The van der Waals surface area contributed by atoms with Gasteiger partial charge in [0.2, 0.25) is 5.82 Å². The van der Waals surface area contributed by atoms with Gasteiger partial charge in [0.25, 0.3) is 0 Å². The third kappa shape index (κ3) is 2.76. The first-order chi connectivity index (χ1) is 7.43. The van der Waals surface area contributed by atoms with Gasteiger partial charge in [-0.3, -0.25) is 10.1 Å². The first kappa shape index (κ1) is 12.6. The minimum atomic E-state index is -0.774. The molecule has 1 rings (SSSR count). The Labute approximate surface area is 93.4 Å². The number of hydrogen-bond donors (Lipinski definition) is 1. The molecule has 16 heavy (non-hydrogen) atoms. The van der Waals surface area contributed by atoms with Crippen LogP contribution < -0.4 is 5.73 Å². The van der Waals surface area contributed by atoms with Crippen LogP contribution in [0.2, 0.25) is 0 Å². The molecule has 0 spiro atoms. The largest absolute Gasteiger partial charge is 0.327 e. The summed E-state index contributed by atoms with van der Waals surface area (Å²) in [6.07, 6.45) is 0.311. The number of nitrogens with zero attached hydrogens (tertiary/aromatic N) is 1. The van der Waals surface area contributed by atoms with Crippen LogP contribution in [0.5, 0.6) is 0 Å². The van der Waals surface area contributed by atoms with E-state index in [1.54, 1.807) is 0 Å². The first-order valence-corrected chi connectivity index (χ1v) is 5.10. The van der Waals surface area contributed by atoms with Crippen molar-refractivity contribution in [2.45, 2.75) is 26.3 Å². The van der Waals surface area contributed by atoms with Gasteiger partial charge in [-0.15, -0.1) is 0 Å². The van der Waals surface area contributed by atoms with Gasteiger partial charge in [0.05, 0.1) is 4.92 Å². The highest BCUT2D eigenvalue weighted by molar-refractivity contribution is 5.37. The lowest BCUT2D eigenvalue weighted by Gasteiger charge is -2.15. The number of nitrogens with two attached hydrogens (primary N) is 1. The third-order valence-corrected chi connectivity index (χ3v) is 2.57. The Morgan fingerprint density at radius 2 is 2.12 bits per heavy atom. The van der Waals surface area contributed by atoms with E-state index >= 15 is 0 Å². The van der Waals surface area contributed by atoms with E-state index < -0.39 is 16.4 Å². The van der Waals surface area contributed by atoms with Crippen molar-refractivity contribution < 1.29 is 9.31 Å². The summed E-state index contributed by atoms with van der Waals surface area (Å²) in [5.74, 6) is -0.567. The van der Waals surface area contributed by atoms with Gasteiger partial charge in [0.1, 0.15) is 0 Å². The van der Waals surface area contributed by atoms with Gasteiger partial charge in [-0.25, -0.2) is 0 Å². The standard InChI is InChI=1S/C11H15FN2O2/c1-7(2)9(13)6-8-4-3-5-10(11(8)12)14(15)16/h3-5,7,9H,6,13H2,1-2H3. The summed E-state index contributed by atoms with van der Waals surface area (Å²) in [5.41, 5.74) is 5.62. The van der Waals surface area contributed by atoms with Gasteiger partial charge in [0, 0.05) is 12.1 Å². The quantitative estimate of drug-likeness (QED) is 0.632. The van der Waals surface area contributed by atoms with Crippen molar-refractivity contribution in [3.05, 3.63) is 39.7 Å². The van der Waals surface area contributed by atoms with E-state index in [1.165, 1.54) is 12.1 Å². The molecule has 0 saturated heterocycles. The summed E-state index contributed by atoms with van der Waals surface area (Å²) in [6, 6.07) is 3.96. The molecule has 0 aliphatic rings. The Morgan fingerprint density at radius 3 is 2.62 bits per heavy atom. The van der Waals surface area contributed by atoms with Crippen LogP contribution in [-0.2, 0) is 6.42 Å². The van der Waals surface area contributed by atoms with Gasteiger partial charge in [-0.05, 0) is 17.9 Å². The SMILES string of the molecule is CC(C)C(N)Cc1cccc([N+](=O)[O-])c1F. The van der Waals surface area contributed by atoms with Gasteiger partial charge < -0.3 is 5.73 Å². The molecule has 1 aromatic carbocycles. The summed E-state index contributed by atoms with van der Waals surface area (Å²) >= 11 is 0. The summed E-state index contributed by atoms with van der Waals surface area (Å²) < 4.78 is 13.6. The van der Waals surface area contributed by atoms with Crippen LogP contribution in [0.25, 0.3) is 0 Å². The van der Waals surface area contributed by atoms with Crippen LogP contribution in [0.4, 0.5) is 10.1 Å². The summed E-state index contributed by atoms with van der Waals surface area (Å²) in [7, 11) is 0. The molecule has 0 aromatic heterocycles. The molecule has 2 N–H and O–H groups in total. The molecule has 0 amide bonds. The van der Waals surface area contributed by atoms with E-state index in [-0.39, 0.29) is 12.0 Å². The molecule has 5 heteroatoms. The fourth-order valence-electron chi connectivity index (χ4n) is 1.35. The average molecular weight is 226 g/mol. The van der Waals surface area contributed by atoms with Gasteiger partial charge in [0.15, 0.2) is 0 Å². The Hall–Kier alpha value is -1.49. The van der Waals surface area contributed by atoms with Crippen LogP contribution in [0.15, 0.2) is 18.2 Å². The number of rotatable bonds is 4. The second-order valence-corrected chi connectivity index (χ2v) is 4.12. The monoisotopic (exact) mass is 226 g/mol. The van der Waals surface area contributed by atoms with Crippen LogP contribution >= 0.6 is 0 Å². The van der Waals surface area contributed by atoms with Gasteiger partial charge in [-0.2, -0.15) is 4.39 Å². The number of nitro groups is 1. The predicted octanol–water partition coefficient (Wildman–Crippen LogP) is 2.26. The van der Waals surface area contributed by atoms with E-state index in [2.05, 4.69) is 0 Å². The van der Waals surface area contributed by atoms with Crippen molar-refractivity contribution in [2.24, 2.45) is 11.7 Å². The second kappa shape index (κ2) is 5.03. The smallest absolute Gasteiger partial charge is 0.305 e. The Balaban J connectivity index is 2.98. The highest BCUT2D eigenvalue weighted by Gasteiger charge is 2.19. The van der Waals surface area contributed by atoms with Crippen molar-refractivity contribution in [1.29, 1.82) is 0 Å². The zero-order valence-electron chi connectivity index (χ0n) is 9.31. The van der Waals surface area contributed by atoms with Crippen LogP contribution in [0.1, 0.15) is 19.4 Å². The molecular formula is C11H15FN2O2. The normalized spacial score (nSPS) is 12.8. The summed E-state index contributed by atoms with van der Waals surface area (Å²) in [5, 5.41) is 10.5. The maximum Gasteiger partial charge on any atom is 0.305 e. The lowest BCUT2D eigenvalue weighted by molar-refractivity contribution is -0.387. The fraction of sp³-hybridized carbons (Fsp3) is 0.455. The Morgan fingerprint density at radius 1 is 1.50 bits per heavy atom. The molecule has 4 nitrogen and oxygen atoms in total. The van der Waals surface area contributed by atoms with Crippen molar-refractivity contribution in [3.8, 4) is 0 Å². The molecule has 1 aromatic rings. The van der Waals surface area contributed by atoms with Crippen molar-refractivity contribution >= 4 is 5.69 Å². The van der Waals surface area contributed by atoms with E-state index in [0.717, 1.165) is 6.07 Å². The molecule has 0 aliphatic carbocycles. The number of halogens is 1. The molecule has 88 valence electrons. The topological polar surface area (TPSA) is 69.2 Å². The first-order valence-electron chi connectivity index (χ1n) is 5.10. The van der Waals surface area contributed by atoms with E-state index in [4.69, 9.17) is 5.73 Å². The summed E-state index contributed by atoms with van der Waals surface area (Å²) in [4.78, 5) is 9.81. The van der Waals surface area contributed by atoms with Crippen LogP contribution in [-0.4, -0.2) is 11.0 Å².